The Bertz CT molecular complexity index is 330. The predicted molar refractivity (Wildman–Crippen MR) is 66.0 cm³/mol. The van der Waals surface area contributed by atoms with Gasteiger partial charge in [-0.15, -0.1) is 0 Å². The number of carbonyl (C=O) groups excluding carboxylic acids is 1. The highest BCUT2D eigenvalue weighted by Crippen LogP contribution is 2.07. The summed E-state index contributed by atoms with van der Waals surface area (Å²) < 4.78 is 0. The van der Waals surface area contributed by atoms with E-state index in [-0.39, 0.29) is 5.91 Å². The van der Waals surface area contributed by atoms with E-state index in [1.54, 1.807) is 5.01 Å². The van der Waals surface area contributed by atoms with Gasteiger partial charge in [0.2, 0.25) is 5.91 Å². The zero-order valence-corrected chi connectivity index (χ0v) is 10.3. The Kier molecular flexibility index (Phi) is 4.99. The number of nitrogens with zero attached hydrogens (tertiary/aromatic N) is 1. The molecule has 0 heterocycles. The number of amides is 1. The van der Waals surface area contributed by atoms with Crippen LogP contribution in [0.5, 0.6) is 0 Å². The first kappa shape index (κ1) is 12.7. The van der Waals surface area contributed by atoms with E-state index in [1.165, 1.54) is 5.56 Å². The third kappa shape index (κ3) is 4.45. The smallest absolute Gasteiger partial charge is 0.238 e. The van der Waals surface area contributed by atoms with Crippen LogP contribution in [0.15, 0.2) is 24.3 Å². The van der Waals surface area contributed by atoms with Crippen LogP contribution in [0, 0.1) is 0 Å². The van der Waals surface area contributed by atoms with E-state index >= 15 is 0 Å². The molecule has 0 aliphatic heterocycles. The highest BCUT2D eigenvalue weighted by atomic mass is 16.2. The van der Waals surface area contributed by atoms with E-state index in [0.29, 0.717) is 6.42 Å². The van der Waals surface area contributed by atoms with E-state index in [2.05, 4.69) is 24.5 Å². The van der Waals surface area contributed by atoms with Gasteiger partial charge in [0.15, 0.2) is 0 Å². The Morgan fingerprint density at radius 3 is 2.25 bits per heavy atom. The largest absolute Gasteiger partial charge is 0.289 e. The minimum absolute atomic E-state index is 0.0215. The lowest BCUT2D eigenvalue weighted by Gasteiger charge is -2.11. The average Bonchev–Trinajstić information content (AvgIpc) is 2.20. The highest BCUT2D eigenvalue weighted by molar-refractivity contribution is 5.78. The van der Waals surface area contributed by atoms with Crippen LogP contribution in [0.4, 0.5) is 0 Å². The molecule has 88 valence electrons. The Balaban J connectivity index is 2.51. The Morgan fingerprint density at radius 1 is 1.19 bits per heavy atom. The van der Waals surface area contributed by atoms with Crippen molar-refractivity contribution in [2.24, 2.45) is 0 Å². The summed E-state index contributed by atoms with van der Waals surface area (Å²) in [5.74, 6) is 0.0215. The van der Waals surface area contributed by atoms with E-state index in [9.17, 15) is 4.79 Å². The summed E-state index contributed by atoms with van der Waals surface area (Å²) in [5, 5.41) is 1.66. The van der Waals surface area contributed by atoms with Crippen molar-refractivity contribution in [2.45, 2.75) is 26.2 Å². The maximum atomic E-state index is 11.5. The molecular formula is C13H20N2O. The second kappa shape index (κ2) is 6.28. The molecule has 16 heavy (non-hydrogen) atoms. The molecule has 1 N–H and O–H groups in total. The zero-order chi connectivity index (χ0) is 12.0. The second-order valence-electron chi connectivity index (χ2n) is 4.17. The average molecular weight is 220 g/mol. The van der Waals surface area contributed by atoms with Gasteiger partial charge in [0.25, 0.3) is 0 Å². The van der Waals surface area contributed by atoms with Crippen molar-refractivity contribution in [2.75, 3.05) is 14.1 Å². The summed E-state index contributed by atoms with van der Waals surface area (Å²) in [4.78, 5) is 11.5. The number of hydrogen-bond acceptors (Lipinski definition) is 2. The summed E-state index contributed by atoms with van der Waals surface area (Å²) in [7, 11) is 3.62. The number of hydrazine groups is 1. The molecule has 0 aliphatic rings. The molecule has 0 spiro atoms. The summed E-state index contributed by atoms with van der Waals surface area (Å²) >= 11 is 0. The first-order chi connectivity index (χ1) is 7.61. The minimum atomic E-state index is 0.0215. The molecule has 1 aromatic rings. The van der Waals surface area contributed by atoms with Gasteiger partial charge in [-0.1, -0.05) is 37.6 Å². The van der Waals surface area contributed by atoms with E-state index in [4.69, 9.17) is 0 Å². The molecule has 0 fully saturated rings. The fraction of sp³-hybridized carbons (Fsp3) is 0.462. The van der Waals surface area contributed by atoms with E-state index < -0.39 is 0 Å². The number of nitrogens with one attached hydrogen (secondary N) is 1. The number of rotatable bonds is 5. The maximum absolute atomic E-state index is 11.5. The Morgan fingerprint density at radius 2 is 1.75 bits per heavy atom. The molecule has 1 rings (SSSR count). The van der Waals surface area contributed by atoms with Crippen molar-refractivity contribution in [1.82, 2.24) is 10.4 Å². The van der Waals surface area contributed by atoms with Crippen molar-refractivity contribution in [3.63, 3.8) is 0 Å². The van der Waals surface area contributed by atoms with Gasteiger partial charge in [0, 0.05) is 14.1 Å². The fourth-order valence-corrected chi connectivity index (χ4v) is 1.59. The maximum Gasteiger partial charge on any atom is 0.238 e. The van der Waals surface area contributed by atoms with Gasteiger partial charge >= 0.3 is 0 Å². The summed E-state index contributed by atoms with van der Waals surface area (Å²) in [6, 6.07) is 8.25. The highest BCUT2D eigenvalue weighted by Gasteiger charge is 2.03. The molecule has 0 atom stereocenters. The normalized spacial score (nSPS) is 10.5. The third-order valence-corrected chi connectivity index (χ3v) is 2.27. The first-order valence-corrected chi connectivity index (χ1v) is 5.66. The van der Waals surface area contributed by atoms with Gasteiger partial charge in [-0.05, 0) is 17.5 Å². The molecule has 0 aromatic heterocycles. The molecule has 0 bridgehead atoms. The van der Waals surface area contributed by atoms with Crippen LogP contribution < -0.4 is 5.43 Å². The molecule has 1 amide bonds. The summed E-state index contributed by atoms with van der Waals surface area (Å²) in [6.45, 7) is 2.17. The van der Waals surface area contributed by atoms with Gasteiger partial charge in [-0.2, -0.15) is 0 Å². The molecular weight excluding hydrogens is 200 g/mol. The Hall–Kier alpha value is -1.35. The van der Waals surface area contributed by atoms with Gasteiger partial charge in [0.05, 0.1) is 6.42 Å². The van der Waals surface area contributed by atoms with Crippen molar-refractivity contribution >= 4 is 5.91 Å². The molecule has 0 saturated carbocycles. The van der Waals surface area contributed by atoms with Gasteiger partial charge in [-0.25, -0.2) is 5.01 Å². The van der Waals surface area contributed by atoms with Crippen LogP contribution in [0.2, 0.25) is 0 Å². The molecule has 3 nitrogen and oxygen atoms in total. The van der Waals surface area contributed by atoms with Gasteiger partial charge < -0.3 is 0 Å². The molecule has 0 saturated heterocycles. The van der Waals surface area contributed by atoms with Crippen molar-refractivity contribution in [3.8, 4) is 0 Å². The molecule has 0 radical (unpaired) electrons. The minimum Gasteiger partial charge on any atom is -0.289 e. The van der Waals surface area contributed by atoms with Gasteiger partial charge in [0.1, 0.15) is 0 Å². The van der Waals surface area contributed by atoms with E-state index in [1.807, 2.05) is 26.2 Å². The zero-order valence-electron chi connectivity index (χ0n) is 10.3. The van der Waals surface area contributed by atoms with Crippen LogP contribution in [0.3, 0.4) is 0 Å². The lowest BCUT2D eigenvalue weighted by atomic mass is 10.1. The fourth-order valence-electron chi connectivity index (χ4n) is 1.59. The van der Waals surface area contributed by atoms with Crippen molar-refractivity contribution in [3.05, 3.63) is 35.4 Å². The molecule has 1 aromatic carbocycles. The number of aryl methyl sites for hydroxylation is 1. The predicted octanol–water partition coefficient (Wildman–Crippen LogP) is 1.77. The quantitative estimate of drug-likeness (QED) is 0.767. The summed E-state index contributed by atoms with van der Waals surface area (Å²) in [6.07, 6.45) is 2.69. The number of hydrogen-bond donors (Lipinski definition) is 1. The van der Waals surface area contributed by atoms with Gasteiger partial charge in [-0.3, -0.25) is 10.2 Å². The van der Waals surface area contributed by atoms with Crippen LogP contribution in [-0.2, 0) is 17.6 Å². The molecule has 3 heteroatoms. The topological polar surface area (TPSA) is 32.3 Å². The van der Waals surface area contributed by atoms with Crippen LogP contribution in [0.1, 0.15) is 24.5 Å². The number of carbonyl (C=O) groups is 1. The van der Waals surface area contributed by atoms with Crippen LogP contribution >= 0.6 is 0 Å². The Labute approximate surface area is 97.4 Å². The lowest BCUT2D eigenvalue weighted by Crippen LogP contribution is -2.37. The van der Waals surface area contributed by atoms with Crippen molar-refractivity contribution in [1.29, 1.82) is 0 Å². The standard InChI is InChI=1S/C13H20N2O/c1-4-5-11-6-8-12(9-7-11)10-13(16)14-15(2)3/h6-9H,4-5,10H2,1-3H3,(H,14,16). The third-order valence-electron chi connectivity index (χ3n) is 2.27. The molecule has 0 unspecified atom stereocenters. The van der Waals surface area contributed by atoms with Crippen LogP contribution in [0.25, 0.3) is 0 Å². The first-order valence-electron chi connectivity index (χ1n) is 5.66. The number of benzene rings is 1. The summed E-state index contributed by atoms with van der Waals surface area (Å²) in [5.41, 5.74) is 5.11. The molecule has 0 aliphatic carbocycles. The van der Waals surface area contributed by atoms with Crippen molar-refractivity contribution < 1.29 is 4.79 Å². The monoisotopic (exact) mass is 220 g/mol. The lowest BCUT2D eigenvalue weighted by molar-refractivity contribution is -0.124. The SMILES string of the molecule is CCCc1ccc(CC(=O)NN(C)C)cc1. The second-order valence-corrected chi connectivity index (χ2v) is 4.17. The van der Waals surface area contributed by atoms with Crippen LogP contribution in [-0.4, -0.2) is 25.0 Å². The van der Waals surface area contributed by atoms with E-state index in [0.717, 1.165) is 18.4 Å².